The van der Waals surface area contributed by atoms with Crippen molar-refractivity contribution in [2.75, 3.05) is 14.2 Å². The summed E-state index contributed by atoms with van der Waals surface area (Å²) in [7, 11) is 2.99. The van der Waals surface area contributed by atoms with Gasteiger partial charge in [0.1, 0.15) is 5.75 Å². The first-order valence-electron chi connectivity index (χ1n) is 6.24. The van der Waals surface area contributed by atoms with Crippen LogP contribution in [-0.4, -0.2) is 20.2 Å². The molecule has 0 N–H and O–H groups in total. The molecule has 3 heteroatoms. The highest BCUT2D eigenvalue weighted by Gasteiger charge is 2.08. The van der Waals surface area contributed by atoms with Gasteiger partial charge in [0.15, 0.2) is 0 Å². The average Bonchev–Trinajstić information content (AvgIpc) is 2.53. The van der Waals surface area contributed by atoms with E-state index in [1.807, 2.05) is 54.6 Å². The molecule has 0 radical (unpaired) electrons. The smallest absolute Gasteiger partial charge is 0.331 e. The Morgan fingerprint density at radius 3 is 2.05 bits per heavy atom. The predicted molar refractivity (Wildman–Crippen MR) is 78.5 cm³/mol. The van der Waals surface area contributed by atoms with Crippen molar-refractivity contribution < 1.29 is 14.3 Å². The van der Waals surface area contributed by atoms with Gasteiger partial charge in [-0.2, -0.15) is 0 Å². The summed E-state index contributed by atoms with van der Waals surface area (Å²) in [5.41, 5.74) is 2.71. The van der Waals surface area contributed by atoms with E-state index < -0.39 is 0 Å². The lowest BCUT2D eigenvalue weighted by molar-refractivity contribution is -0.134. The molecule has 0 atom stereocenters. The quantitative estimate of drug-likeness (QED) is 0.630. The molecule has 20 heavy (non-hydrogen) atoms. The second-order valence-electron chi connectivity index (χ2n) is 4.18. The lowest BCUT2D eigenvalue weighted by atomic mass is 9.97. The van der Waals surface area contributed by atoms with Crippen molar-refractivity contribution in [3.8, 4) is 5.75 Å². The van der Waals surface area contributed by atoms with E-state index in [4.69, 9.17) is 9.47 Å². The molecule has 0 unspecified atom stereocenters. The van der Waals surface area contributed by atoms with Gasteiger partial charge in [0.2, 0.25) is 0 Å². The summed E-state index contributed by atoms with van der Waals surface area (Å²) in [4.78, 5) is 11.6. The van der Waals surface area contributed by atoms with Crippen LogP contribution in [0.25, 0.3) is 5.57 Å². The Hall–Kier alpha value is -2.55. The molecular weight excluding hydrogens is 252 g/mol. The van der Waals surface area contributed by atoms with Crippen molar-refractivity contribution >= 4 is 11.5 Å². The Bertz CT molecular complexity index is 598. The number of rotatable bonds is 4. The number of esters is 1. The minimum Gasteiger partial charge on any atom is -0.497 e. The molecule has 2 aromatic carbocycles. The number of methoxy groups -OCH3 is 2. The number of hydrogen-bond acceptors (Lipinski definition) is 3. The van der Waals surface area contributed by atoms with E-state index >= 15 is 0 Å². The van der Waals surface area contributed by atoms with Crippen LogP contribution in [0.2, 0.25) is 0 Å². The molecule has 0 amide bonds. The van der Waals surface area contributed by atoms with Gasteiger partial charge < -0.3 is 9.47 Å². The molecule has 0 aliphatic carbocycles. The fourth-order valence-corrected chi connectivity index (χ4v) is 1.90. The van der Waals surface area contributed by atoms with Crippen molar-refractivity contribution in [2.45, 2.75) is 0 Å². The van der Waals surface area contributed by atoms with Gasteiger partial charge in [-0.15, -0.1) is 0 Å². The summed E-state index contributed by atoms with van der Waals surface area (Å²) in [5, 5.41) is 0. The van der Waals surface area contributed by atoms with Crippen LogP contribution in [-0.2, 0) is 9.53 Å². The molecule has 0 saturated carbocycles. The molecule has 0 spiro atoms. The highest BCUT2D eigenvalue weighted by atomic mass is 16.5. The van der Waals surface area contributed by atoms with Crippen LogP contribution < -0.4 is 4.74 Å². The molecule has 0 aromatic heterocycles. The van der Waals surface area contributed by atoms with Crippen molar-refractivity contribution in [1.29, 1.82) is 0 Å². The highest BCUT2D eigenvalue weighted by Crippen LogP contribution is 2.25. The van der Waals surface area contributed by atoms with E-state index in [0.29, 0.717) is 0 Å². The van der Waals surface area contributed by atoms with E-state index in [2.05, 4.69) is 0 Å². The third kappa shape index (κ3) is 3.26. The number of ether oxygens (including phenoxy) is 2. The van der Waals surface area contributed by atoms with Crippen LogP contribution in [0.4, 0.5) is 0 Å². The first-order chi connectivity index (χ1) is 9.74. The Morgan fingerprint density at radius 2 is 1.50 bits per heavy atom. The first kappa shape index (κ1) is 13.9. The Kier molecular flexibility index (Phi) is 4.56. The lowest BCUT2D eigenvalue weighted by Gasteiger charge is -2.09. The summed E-state index contributed by atoms with van der Waals surface area (Å²) in [6, 6.07) is 17.3. The third-order valence-electron chi connectivity index (χ3n) is 2.95. The maximum Gasteiger partial charge on any atom is 0.331 e. The lowest BCUT2D eigenvalue weighted by Crippen LogP contribution is -1.98. The largest absolute Gasteiger partial charge is 0.497 e. The Morgan fingerprint density at radius 1 is 0.900 bits per heavy atom. The molecule has 0 aliphatic rings. The van der Waals surface area contributed by atoms with E-state index in [9.17, 15) is 4.79 Å². The molecule has 0 fully saturated rings. The average molecular weight is 268 g/mol. The summed E-state index contributed by atoms with van der Waals surface area (Å²) < 4.78 is 9.87. The molecular formula is C17H16O3. The zero-order valence-corrected chi connectivity index (χ0v) is 11.5. The number of carbonyl (C=O) groups excluding carboxylic acids is 1. The first-order valence-corrected chi connectivity index (χ1v) is 6.24. The number of hydrogen-bond donors (Lipinski definition) is 0. The maximum absolute atomic E-state index is 11.6. The van der Waals surface area contributed by atoms with Gasteiger partial charge in [-0.25, -0.2) is 4.79 Å². The van der Waals surface area contributed by atoms with Gasteiger partial charge in [-0.1, -0.05) is 42.5 Å². The fraction of sp³-hybridized carbons (Fsp3) is 0.118. The van der Waals surface area contributed by atoms with Crippen molar-refractivity contribution in [1.82, 2.24) is 0 Å². The number of carbonyl (C=O) groups is 1. The summed E-state index contributed by atoms with van der Waals surface area (Å²) >= 11 is 0. The topological polar surface area (TPSA) is 35.5 Å². The van der Waals surface area contributed by atoms with Crippen LogP contribution in [0.5, 0.6) is 5.75 Å². The van der Waals surface area contributed by atoms with Gasteiger partial charge in [-0.05, 0) is 28.8 Å². The van der Waals surface area contributed by atoms with E-state index in [1.165, 1.54) is 13.2 Å². The molecule has 2 rings (SSSR count). The molecule has 0 bridgehead atoms. The van der Waals surface area contributed by atoms with Gasteiger partial charge in [0, 0.05) is 6.08 Å². The Balaban J connectivity index is 2.46. The predicted octanol–water partition coefficient (Wildman–Crippen LogP) is 3.30. The molecule has 2 aromatic rings. The summed E-state index contributed by atoms with van der Waals surface area (Å²) in [5.74, 6) is 0.402. The molecule has 102 valence electrons. The standard InChI is InChI=1S/C17H16O3/c1-19-15-10-8-14(9-11-15)16(12-17(18)20-2)13-6-4-3-5-7-13/h3-12H,1-2H3/b16-12+. The molecule has 0 aliphatic heterocycles. The number of benzene rings is 2. The van der Waals surface area contributed by atoms with E-state index in [-0.39, 0.29) is 5.97 Å². The van der Waals surface area contributed by atoms with Crippen molar-refractivity contribution in [2.24, 2.45) is 0 Å². The fourth-order valence-electron chi connectivity index (χ4n) is 1.90. The minimum atomic E-state index is -0.375. The normalized spacial score (nSPS) is 11.0. The summed E-state index contributed by atoms with van der Waals surface area (Å²) in [6.45, 7) is 0. The minimum absolute atomic E-state index is 0.375. The molecule has 0 heterocycles. The summed E-state index contributed by atoms with van der Waals surface area (Å²) in [6.07, 6.45) is 1.50. The second kappa shape index (κ2) is 6.57. The zero-order chi connectivity index (χ0) is 14.4. The van der Waals surface area contributed by atoms with E-state index in [1.54, 1.807) is 7.11 Å². The van der Waals surface area contributed by atoms with E-state index in [0.717, 1.165) is 22.4 Å². The molecule has 0 saturated heterocycles. The van der Waals surface area contributed by atoms with Crippen LogP contribution in [0, 0.1) is 0 Å². The van der Waals surface area contributed by atoms with Gasteiger partial charge >= 0.3 is 5.97 Å². The second-order valence-corrected chi connectivity index (χ2v) is 4.18. The monoisotopic (exact) mass is 268 g/mol. The third-order valence-corrected chi connectivity index (χ3v) is 2.95. The van der Waals surface area contributed by atoms with Crippen LogP contribution in [0.15, 0.2) is 60.7 Å². The van der Waals surface area contributed by atoms with Crippen molar-refractivity contribution in [3.05, 3.63) is 71.8 Å². The van der Waals surface area contributed by atoms with Crippen LogP contribution in [0.3, 0.4) is 0 Å². The van der Waals surface area contributed by atoms with Crippen molar-refractivity contribution in [3.63, 3.8) is 0 Å². The van der Waals surface area contributed by atoms with Gasteiger partial charge in [-0.3, -0.25) is 0 Å². The molecule has 3 nitrogen and oxygen atoms in total. The maximum atomic E-state index is 11.6. The van der Waals surface area contributed by atoms with Gasteiger partial charge in [0.05, 0.1) is 14.2 Å². The Labute approximate surface area is 118 Å². The van der Waals surface area contributed by atoms with Crippen LogP contribution >= 0.6 is 0 Å². The van der Waals surface area contributed by atoms with Crippen LogP contribution in [0.1, 0.15) is 11.1 Å². The SMILES string of the molecule is COC(=O)/C=C(\c1ccccc1)c1ccc(OC)cc1. The van der Waals surface area contributed by atoms with Gasteiger partial charge in [0.25, 0.3) is 0 Å². The zero-order valence-electron chi connectivity index (χ0n) is 11.5. The highest BCUT2D eigenvalue weighted by molar-refractivity contribution is 5.96.